The fraction of sp³-hybridized carbons (Fsp3) is 0.357. The summed E-state index contributed by atoms with van der Waals surface area (Å²) in [4.78, 5) is 19.6. The van der Waals surface area contributed by atoms with Gasteiger partial charge in [0.15, 0.2) is 0 Å². The fourth-order valence-corrected chi connectivity index (χ4v) is 4.27. The van der Waals surface area contributed by atoms with Crippen LogP contribution in [0, 0.1) is 11.7 Å². The Morgan fingerprint density at radius 1 is 1.11 bits per heavy atom. The largest absolute Gasteiger partial charge is 0.380 e. The van der Waals surface area contributed by atoms with E-state index in [1.165, 1.54) is 18.3 Å². The van der Waals surface area contributed by atoms with Crippen molar-refractivity contribution in [2.45, 2.75) is 38.0 Å². The van der Waals surface area contributed by atoms with Crippen LogP contribution in [0.4, 0.5) is 10.1 Å². The lowest BCUT2D eigenvalue weighted by molar-refractivity contribution is -0.120. The normalized spacial score (nSPS) is 18.1. The van der Waals surface area contributed by atoms with E-state index in [1.807, 2.05) is 43.3 Å². The SMILES string of the molecule is COCc1ccc(-c2ccc(N(C[C@@H](N)[C@@H](C)OC)C(=O)[C@@H]3C[C@H]3c3cc(F)ccn3)cc2)cc1.Cl. The maximum atomic E-state index is 13.7. The van der Waals surface area contributed by atoms with Gasteiger partial charge in [-0.15, -0.1) is 12.4 Å². The van der Waals surface area contributed by atoms with Gasteiger partial charge in [0.05, 0.1) is 12.7 Å². The standard InChI is InChI=1S/C28H32FN3O3.ClH/c1-18(35-3)26(30)16-32(28(33)25-15-24(25)27-14-22(29)12-13-31-27)23-10-8-21(9-11-23)20-6-4-19(5-7-20)17-34-2;/h4-14,18,24-26H,15-17,30H2,1-3H3;1H/t18-,24-,25-,26-;/m1./s1. The van der Waals surface area contributed by atoms with E-state index in [9.17, 15) is 9.18 Å². The fourth-order valence-electron chi connectivity index (χ4n) is 4.27. The van der Waals surface area contributed by atoms with Crippen molar-refractivity contribution in [2.24, 2.45) is 11.7 Å². The highest BCUT2D eigenvalue weighted by Gasteiger charge is 2.47. The van der Waals surface area contributed by atoms with Gasteiger partial charge in [-0.2, -0.15) is 0 Å². The number of pyridine rings is 1. The first-order valence-corrected chi connectivity index (χ1v) is 11.8. The molecule has 2 N–H and O–H groups in total. The molecule has 1 aliphatic carbocycles. The molecule has 4 rings (SSSR count). The van der Waals surface area contributed by atoms with Crippen molar-refractivity contribution in [1.82, 2.24) is 4.98 Å². The Balaban J connectivity index is 0.00000361. The number of carbonyl (C=O) groups excluding carboxylic acids is 1. The van der Waals surface area contributed by atoms with Gasteiger partial charge in [0.1, 0.15) is 5.82 Å². The zero-order chi connectivity index (χ0) is 24.9. The zero-order valence-corrected chi connectivity index (χ0v) is 21.6. The third-order valence-electron chi connectivity index (χ3n) is 6.64. The molecule has 3 aromatic rings. The first-order chi connectivity index (χ1) is 16.9. The predicted octanol–water partition coefficient (Wildman–Crippen LogP) is 4.95. The molecule has 0 aliphatic heterocycles. The Morgan fingerprint density at radius 3 is 2.33 bits per heavy atom. The second kappa shape index (κ2) is 12.4. The molecule has 192 valence electrons. The molecular formula is C28H33ClFN3O3. The Kier molecular flexibility index (Phi) is 9.56. The minimum atomic E-state index is -0.360. The van der Waals surface area contributed by atoms with E-state index >= 15 is 0 Å². The highest BCUT2D eigenvalue weighted by molar-refractivity contribution is 5.97. The lowest BCUT2D eigenvalue weighted by Gasteiger charge is -2.29. The predicted molar refractivity (Wildman–Crippen MR) is 142 cm³/mol. The topological polar surface area (TPSA) is 77.7 Å². The van der Waals surface area contributed by atoms with Crippen molar-refractivity contribution in [1.29, 1.82) is 0 Å². The summed E-state index contributed by atoms with van der Waals surface area (Å²) in [5.74, 6) is -0.702. The molecule has 6 nitrogen and oxygen atoms in total. The molecular weight excluding hydrogens is 481 g/mol. The highest BCUT2D eigenvalue weighted by atomic mass is 35.5. The van der Waals surface area contributed by atoms with Crippen molar-refractivity contribution >= 4 is 24.0 Å². The summed E-state index contributed by atoms with van der Waals surface area (Å²) in [7, 11) is 3.29. The van der Waals surface area contributed by atoms with Crippen LogP contribution >= 0.6 is 12.4 Å². The zero-order valence-electron chi connectivity index (χ0n) is 20.8. The number of halogens is 2. The number of nitrogens with zero attached hydrogens (tertiary/aromatic N) is 2. The quantitative estimate of drug-likeness (QED) is 0.415. The number of amides is 1. The van der Waals surface area contributed by atoms with Crippen LogP contribution in [0.3, 0.4) is 0 Å². The summed E-state index contributed by atoms with van der Waals surface area (Å²) in [6, 6.07) is 18.5. The third-order valence-corrected chi connectivity index (χ3v) is 6.64. The number of benzene rings is 2. The molecule has 1 fully saturated rings. The minimum absolute atomic E-state index is 0. The molecule has 2 aromatic carbocycles. The van der Waals surface area contributed by atoms with E-state index < -0.39 is 0 Å². The molecule has 1 heterocycles. The van der Waals surface area contributed by atoms with Gasteiger partial charge in [-0.05, 0) is 54.3 Å². The van der Waals surface area contributed by atoms with Crippen molar-refractivity contribution < 1.29 is 18.7 Å². The van der Waals surface area contributed by atoms with Gasteiger partial charge in [-0.1, -0.05) is 36.4 Å². The second-order valence-electron chi connectivity index (χ2n) is 9.08. The van der Waals surface area contributed by atoms with Crippen LogP contribution in [0.15, 0.2) is 66.9 Å². The molecule has 0 spiro atoms. The van der Waals surface area contributed by atoms with Gasteiger partial charge < -0.3 is 20.1 Å². The van der Waals surface area contributed by atoms with Crippen LogP contribution in [0.25, 0.3) is 11.1 Å². The van der Waals surface area contributed by atoms with Crippen molar-refractivity contribution in [3.05, 3.63) is 83.9 Å². The number of aromatic nitrogens is 1. The van der Waals surface area contributed by atoms with Crippen LogP contribution in [0.1, 0.15) is 30.5 Å². The van der Waals surface area contributed by atoms with Crippen LogP contribution < -0.4 is 10.6 Å². The molecule has 0 bridgehead atoms. The number of ether oxygens (including phenoxy) is 2. The molecule has 0 radical (unpaired) electrons. The molecule has 1 aliphatic rings. The number of rotatable bonds is 10. The molecule has 1 aromatic heterocycles. The van der Waals surface area contributed by atoms with Gasteiger partial charge in [0.2, 0.25) is 5.91 Å². The van der Waals surface area contributed by atoms with Crippen molar-refractivity contribution in [3.8, 4) is 11.1 Å². The van der Waals surface area contributed by atoms with Gasteiger partial charge in [-0.3, -0.25) is 9.78 Å². The van der Waals surface area contributed by atoms with E-state index in [1.54, 1.807) is 19.1 Å². The Bertz CT molecular complexity index is 1140. The van der Waals surface area contributed by atoms with Crippen molar-refractivity contribution in [2.75, 3.05) is 25.7 Å². The molecule has 1 amide bonds. The number of carbonyl (C=O) groups is 1. The van der Waals surface area contributed by atoms with Crippen LogP contribution in [-0.2, 0) is 20.9 Å². The van der Waals surface area contributed by atoms with E-state index in [0.29, 0.717) is 25.3 Å². The van der Waals surface area contributed by atoms with Crippen LogP contribution in [-0.4, -0.2) is 43.8 Å². The summed E-state index contributed by atoms with van der Waals surface area (Å²) < 4.78 is 24.2. The lowest BCUT2D eigenvalue weighted by atomic mass is 10.0. The summed E-state index contributed by atoms with van der Waals surface area (Å²) >= 11 is 0. The molecule has 4 atom stereocenters. The number of nitrogens with two attached hydrogens (primary N) is 1. The van der Waals surface area contributed by atoms with Crippen molar-refractivity contribution in [3.63, 3.8) is 0 Å². The Morgan fingerprint density at radius 2 is 1.75 bits per heavy atom. The Labute approximate surface area is 218 Å². The average Bonchev–Trinajstić information content (AvgIpc) is 3.68. The first-order valence-electron chi connectivity index (χ1n) is 11.8. The molecule has 8 heteroatoms. The highest BCUT2D eigenvalue weighted by Crippen LogP contribution is 2.48. The number of hydrogen-bond acceptors (Lipinski definition) is 5. The van der Waals surface area contributed by atoms with Crippen LogP contribution in [0.2, 0.25) is 0 Å². The summed E-state index contributed by atoms with van der Waals surface area (Å²) in [6.45, 7) is 2.78. The third kappa shape index (κ3) is 6.48. The van der Waals surface area contributed by atoms with E-state index in [0.717, 1.165) is 22.4 Å². The van der Waals surface area contributed by atoms with Gasteiger partial charge in [-0.25, -0.2) is 4.39 Å². The molecule has 0 saturated heterocycles. The van der Waals surface area contributed by atoms with Gasteiger partial charge in [0.25, 0.3) is 0 Å². The van der Waals surface area contributed by atoms with Gasteiger partial charge >= 0.3 is 0 Å². The minimum Gasteiger partial charge on any atom is -0.380 e. The maximum Gasteiger partial charge on any atom is 0.230 e. The Hall–Kier alpha value is -2.84. The van der Waals surface area contributed by atoms with E-state index in [4.69, 9.17) is 15.2 Å². The summed E-state index contributed by atoms with van der Waals surface area (Å²) in [6.07, 6.45) is 1.88. The monoisotopic (exact) mass is 513 g/mol. The first kappa shape index (κ1) is 27.7. The number of hydrogen-bond donors (Lipinski definition) is 1. The summed E-state index contributed by atoms with van der Waals surface area (Å²) in [5.41, 5.74) is 11.0. The average molecular weight is 514 g/mol. The van der Waals surface area contributed by atoms with E-state index in [-0.39, 0.29) is 48.1 Å². The second-order valence-corrected chi connectivity index (χ2v) is 9.08. The number of anilines is 1. The lowest BCUT2D eigenvalue weighted by Crippen LogP contribution is -2.47. The number of methoxy groups -OCH3 is 2. The van der Waals surface area contributed by atoms with Gasteiger partial charge in [0, 0.05) is 56.2 Å². The summed E-state index contributed by atoms with van der Waals surface area (Å²) in [5, 5.41) is 0. The van der Waals surface area contributed by atoms with Crippen LogP contribution in [0.5, 0.6) is 0 Å². The molecule has 1 saturated carbocycles. The maximum absolute atomic E-state index is 13.7. The molecule has 36 heavy (non-hydrogen) atoms. The van der Waals surface area contributed by atoms with E-state index in [2.05, 4.69) is 17.1 Å². The smallest absolute Gasteiger partial charge is 0.230 e. The molecule has 0 unspecified atom stereocenters.